The second-order valence-corrected chi connectivity index (χ2v) is 6.09. The van der Waals surface area contributed by atoms with Gasteiger partial charge in [-0.1, -0.05) is 0 Å². The van der Waals surface area contributed by atoms with Gasteiger partial charge in [-0.05, 0) is 0 Å². The number of nitrogens with one attached hydrogen (secondary N) is 5. The van der Waals surface area contributed by atoms with Crippen molar-refractivity contribution in [1.29, 1.82) is 0 Å². The Balaban J connectivity index is 1.86. The number of aliphatic carboxylic acids is 1. The highest BCUT2D eigenvalue weighted by atomic mass is 16.4. The molecule has 0 saturated carbocycles. The first kappa shape index (κ1) is 21.6. The first-order valence-corrected chi connectivity index (χ1v) is 8.62. The van der Waals surface area contributed by atoms with Crippen LogP contribution in [0.2, 0.25) is 0 Å². The van der Waals surface area contributed by atoms with Gasteiger partial charge in [-0.3, -0.25) is 19.2 Å². The van der Waals surface area contributed by atoms with E-state index in [9.17, 15) is 19.2 Å². The Morgan fingerprint density at radius 2 is 1.55 bits per heavy atom. The lowest BCUT2D eigenvalue weighted by atomic mass is 10.1. The Hall–Kier alpha value is -3.74. The van der Waals surface area contributed by atoms with Crippen molar-refractivity contribution in [2.24, 2.45) is 5.73 Å². The molecule has 0 aliphatic heterocycles. The van der Waals surface area contributed by atoms with Crippen LogP contribution in [-0.2, 0) is 32.0 Å². The van der Waals surface area contributed by atoms with E-state index in [0.29, 0.717) is 11.4 Å². The first-order chi connectivity index (χ1) is 13.8. The van der Waals surface area contributed by atoms with Gasteiger partial charge in [0.05, 0.1) is 36.6 Å². The molecule has 0 aliphatic rings. The Morgan fingerprint density at radius 3 is 2.10 bits per heavy atom. The minimum atomic E-state index is -1.22. The molecule has 0 bridgehead atoms. The van der Waals surface area contributed by atoms with Crippen molar-refractivity contribution in [2.75, 3.05) is 13.1 Å². The van der Waals surface area contributed by atoms with Gasteiger partial charge in [0.2, 0.25) is 17.7 Å². The number of nitrogens with two attached hydrogens (primary N) is 1. The molecule has 0 radical (unpaired) electrons. The first-order valence-electron chi connectivity index (χ1n) is 8.62. The van der Waals surface area contributed by atoms with Crippen molar-refractivity contribution in [1.82, 2.24) is 35.9 Å². The maximum absolute atomic E-state index is 12.2. The van der Waals surface area contributed by atoms with Crippen LogP contribution in [0.3, 0.4) is 0 Å². The fraction of sp³-hybridized carbons (Fsp3) is 0.375. The zero-order valence-electron chi connectivity index (χ0n) is 15.3. The van der Waals surface area contributed by atoms with E-state index >= 15 is 0 Å². The Bertz CT molecular complexity index is 820. The van der Waals surface area contributed by atoms with E-state index in [-0.39, 0.29) is 12.8 Å². The van der Waals surface area contributed by atoms with Crippen molar-refractivity contribution < 1.29 is 24.3 Å². The van der Waals surface area contributed by atoms with Gasteiger partial charge in [-0.15, -0.1) is 0 Å². The van der Waals surface area contributed by atoms with E-state index in [1.165, 1.54) is 12.7 Å². The number of carbonyl (C=O) groups excluding carboxylic acids is 3. The van der Waals surface area contributed by atoms with E-state index < -0.39 is 48.9 Å². The molecule has 13 heteroatoms. The number of hydrogen-bond donors (Lipinski definition) is 7. The van der Waals surface area contributed by atoms with Crippen LogP contribution in [0.5, 0.6) is 0 Å². The highest BCUT2D eigenvalue weighted by Crippen LogP contribution is 1.99. The maximum atomic E-state index is 12.2. The van der Waals surface area contributed by atoms with Crippen molar-refractivity contribution in [2.45, 2.75) is 24.9 Å². The molecule has 2 aromatic heterocycles. The Kier molecular flexibility index (Phi) is 7.85. The summed E-state index contributed by atoms with van der Waals surface area (Å²) in [4.78, 5) is 60.4. The molecule has 2 aromatic rings. The largest absolute Gasteiger partial charge is 0.480 e. The summed E-state index contributed by atoms with van der Waals surface area (Å²) in [6.45, 7) is -0.999. The normalized spacial score (nSPS) is 12.6. The molecule has 156 valence electrons. The highest BCUT2D eigenvalue weighted by molar-refractivity contribution is 5.92. The number of carboxylic acids is 1. The molecule has 2 rings (SSSR count). The number of amides is 3. The molecule has 29 heavy (non-hydrogen) atoms. The molecular weight excluding hydrogens is 384 g/mol. The van der Waals surface area contributed by atoms with Gasteiger partial charge in [0.25, 0.3) is 0 Å². The van der Waals surface area contributed by atoms with Crippen molar-refractivity contribution in [3.63, 3.8) is 0 Å². The number of rotatable bonds is 11. The van der Waals surface area contributed by atoms with Crippen molar-refractivity contribution >= 4 is 23.7 Å². The summed E-state index contributed by atoms with van der Waals surface area (Å²) < 4.78 is 0. The number of nitrogens with zero attached hydrogens (tertiary/aromatic N) is 2. The summed E-state index contributed by atoms with van der Waals surface area (Å²) in [6.07, 6.45) is 6.24. The summed E-state index contributed by atoms with van der Waals surface area (Å²) in [5.74, 6) is -3.11. The van der Waals surface area contributed by atoms with E-state index in [2.05, 4.69) is 35.9 Å². The summed E-state index contributed by atoms with van der Waals surface area (Å²) in [7, 11) is 0. The summed E-state index contributed by atoms with van der Waals surface area (Å²) in [6, 6.07) is -1.97. The van der Waals surface area contributed by atoms with E-state index in [1.54, 1.807) is 12.4 Å². The van der Waals surface area contributed by atoms with Gasteiger partial charge in [0.1, 0.15) is 12.6 Å². The van der Waals surface area contributed by atoms with E-state index in [1.807, 2.05) is 0 Å². The quantitative estimate of drug-likeness (QED) is 0.205. The molecule has 2 atom stereocenters. The SMILES string of the molecule is N[C@@H](Cc1c[nH]cn1)C(=O)NCC(=O)N[C@@H](Cc1c[nH]cn1)C(=O)NCC(=O)O. The number of carbonyl (C=O) groups is 4. The third-order valence-electron chi connectivity index (χ3n) is 3.78. The minimum absolute atomic E-state index is 0.0350. The summed E-state index contributed by atoms with van der Waals surface area (Å²) in [5.41, 5.74) is 6.87. The standard InChI is InChI=1S/C16H22N8O5/c17-11(1-9-3-18-7-22-9)15(28)20-5-13(25)24-12(2-10-4-19-8-23-10)16(29)21-6-14(26)27/h3-4,7-8,11-12H,1-2,5-6,17H2,(H,18,22)(H,19,23)(H,20,28)(H,21,29)(H,24,25)(H,26,27)/t11-,12-/m0/s1. The lowest BCUT2D eigenvalue weighted by Crippen LogP contribution is -2.52. The average molecular weight is 406 g/mol. The lowest BCUT2D eigenvalue weighted by molar-refractivity contribution is -0.138. The van der Waals surface area contributed by atoms with Crippen LogP contribution in [-0.4, -0.2) is 73.9 Å². The van der Waals surface area contributed by atoms with Crippen LogP contribution in [0.15, 0.2) is 25.0 Å². The maximum Gasteiger partial charge on any atom is 0.322 e. The minimum Gasteiger partial charge on any atom is -0.480 e. The predicted molar refractivity (Wildman–Crippen MR) is 98.1 cm³/mol. The molecule has 0 fully saturated rings. The molecular formula is C16H22N8O5. The molecule has 0 spiro atoms. The molecule has 8 N–H and O–H groups in total. The van der Waals surface area contributed by atoms with Crippen LogP contribution in [0, 0.1) is 0 Å². The van der Waals surface area contributed by atoms with Crippen LogP contribution < -0.4 is 21.7 Å². The number of hydrogen-bond acceptors (Lipinski definition) is 7. The second-order valence-electron chi connectivity index (χ2n) is 6.09. The highest BCUT2D eigenvalue weighted by Gasteiger charge is 2.23. The van der Waals surface area contributed by atoms with Gasteiger partial charge in [-0.25, -0.2) is 9.97 Å². The number of imidazole rings is 2. The van der Waals surface area contributed by atoms with Gasteiger partial charge in [0.15, 0.2) is 0 Å². The molecule has 3 amide bonds. The van der Waals surface area contributed by atoms with Gasteiger partial charge in [0, 0.05) is 25.2 Å². The van der Waals surface area contributed by atoms with Gasteiger partial charge >= 0.3 is 5.97 Å². The predicted octanol–water partition coefficient (Wildman–Crippen LogP) is -2.95. The Morgan fingerprint density at radius 1 is 0.966 bits per heavy atom. The fourth-order valence-corrected chi connectivity index (χ4v) is 2.37. The molecule has 13 nitrogen and oxygen atoms in total. The summed E-state index contributed by atoms with van der Waals surface area (Å²) in [5, 5.41) is 15.7. The van der Waals surface area contributed by atoms with Crippen molar-refractivity contribution in [3.05, 3.63) is 36.4 Å². The summed E-state index contributed by atoms with van der Waals surface area (Å²) >= 11 is 0. The van der Waals surface area contributed by atoms with E-state index in [4.69, 9.17) is 10.8 Å². The fourth-order valence-electron chi connectivity index (χ4n) is 2.37. The third-order valence-corrected chi connectivity index (χ3v) is 3.78. The topological polar surface area (TPSA) is 208 Å². The van der Waals surface area contributed by atoms with Crippen LogP contribution >= 0.6 is 0 Å². The zero-order chi connectivity index (χ0) is 21.2. The monoisotopic (exact) mass is 406 g/mol. The molecule has 2 heterocycles. The van der Waals surface area contributed by atoms with Crippen molar-refractivity contribution in [3.8, 4) is 0 Å². The number of aromatic nitrogens is 4. The van der Waals surface area contributed by atoms with Crippen LogP contribution in [0.4, 0.5) is 0 Å². The van der Waals surface area contributed by atoms with Gasteiger partial charge in [-0.2, -0.15) is 0 Å². The van der Waals surface area contributed by atoms with E-state index in [0.717, 1.165) is 0 Å². The third kappa shape index (κ3) is 7.42. The molecule has 0 aromatic carbocycles. The average Bonchev–Trinajstić information content (AvgIpc) is 3.37. The molecule has 0 aliphatic carbocycles. The van der Waals surface area contributed by atoms with Gasteiger partial charge < -0.3 is 36.8 Å². The lowest BCUT2D eigenvalue weighted by Gasteiger charge is -2.18. The molecule has 0 saturated heterocycles. The second kappa shape index (κ2) is 10.6. The number of carboxylic acid groups (broad SMARTS) is 1. The van der Waals surface area contributed by atoms with Crippen LogP contribution in [0.1, 0.15) is 11.4 Å². The smallest absolute Gasteiger partial charge is 0.322 e. The zero-order valence-corrected chi connectivity index (χ0v) is 15.3. The molecule has 0 unspecified atom stereocenters. The number of aromatic amines is 2. The number of H-pyrrole nitrogens is 2. The Labute approximate surface area is 164 Å². The van der Waals surface area contributed by atoms with Crippen LogP contribution in [0.25, 0.3) is 0 Å².